The average molecular weight is 526 g/mol. The summed E-state index contributed by atoms with van der Waals surface area (Å²) in [6, 6.07) is 9.39. The number of rotatable bonds is 3. The molecule has 4 rings (SSSR count). The number of hydrogen-bond donors (Lipinski definition) is 2. The van der Waals surface area contributed by atoms with Gasteiger partial charge in [-0.3, -0.25) is 0 Å². The number of nitrogens with zero attached hydrogens (tertiary/aromatic N) is 3. The van der Waals surface area contributed by atoms with E-state index in [0.717, 1.165) is 11.3 Å². The van der Waals surface area contributed by atoms with E-state index in [0.29, 0.717) is 37.0 Å². The number of para-hydroxylation sites is 1. The van der Waals surface area contributed by atoms with E-state index in [1.54, 1.807) is 6.07 Å². The zero-order chi connectivity index (χ0) is 19.8. The quantitative estimate of drug-likeness (QED) is 0.461. The van der Waals surface area contributed by atoms with Gasteiger partial charge in [0.15, 0.2) is 11.4 Å². The van der Waals surface area contributed by atoms with Crippen molar-refractivity contribution >= 4 is 49.3 Å². The van der Waals surface area contributed by atoms with Crippen molar-refractivity contribution in [3.63, 3.8) is 0 Å². The number of fused-ring (bicyclic) bond motifs is 3. The van der Waals surface area contributed by atoms with E-state index >= 15 is 0 Å². The molecule has 0 bridgehead atoms. The second-order valence-electron chi connectivity index (χ2n) is 5.78. The van der Waals surface area contributed by atoms with Crippen molar-refractivity contribution < 1.29 is 14.6 Å². The Kier molecular flexibility index (Phi) is 5.35. The largest absolute Gasteiger partial charge is 0.506 e. The first-order valence-corrected chi connectivity index (χ1v) is 10.9. The predicted octanol–water partition coefficient (Wildman–Crippen LogP) is 5.00. The molecule has 2 N–H and O–H groups in total. The smallest absolute Gasteiger partial charge is 0.247 e. The molecule has 0 amide bonds. The monoisotopic (exact) mass is 524 g/mol. The van der Waals surface area contributed by atoms with Crippen LogP contribution in [-0.2, 0) is 0 Å². The summed E-state index contributed by atoms with van der Waals surface area (Å²) in [5.41, 5.74) is 2.65. The minimum absolute atomic E-state index is 0.00517. The Morgan fingerprint density at radius 3 is 2.79 bits per heavy atom. The van der Waals surface area contributed by atoms with Crippen LogP contribution in [0.25, 0.3) is 11.3 Å². The van der Waals surface area contributed by atoms with E-state index in [-0.39, 0.29) is 5.75 Å². The highest BCUT2D eigenvalue weighted by Gasteiger charge is 2.29. The Labute approximate surface area is 182 Å². The molecule has 0 fully saturated rings. The van der Waals surface area contributed by atoms with Crippen LogP contribution in [0.2, 0.25) is 0 Å². The zero-order valence-electron chi connectivity index (χ0n) is 14.7. The molecule has 1 aromatic heterocycles. The van der Waals surface area contributed by atoms with Crippen LogP contribution in [0, 0.1) is 0 Å². The lowest BCUT2D eigenvalue weighted by atomic mass is 10.1. The molecule has 0 saturated carbocycles. The standard InChI is InChI=1S/C18H14Br2N4O3S/c1-26-15-10(19)7-9(14(25)12(15)20)16-21-11-6-4-3-5-8(11)13-17(27-16)22-18(28-2)24-23-13/h3-7,16,21,25H,1-2H3. The highest BCUT2D eigenvalue weighted by atomic mass is 79.9. The number of thioether (sulfide) groups is 1. The molecule has 0 spiro atoms. The summed E-state index contributed by atoms with van der Waals surface area (Å²) in [7, 11) is 1.53. The summed E-state index contributed by atoms with van der Waals surface area (Å²) in [6.45, 7) is 0. The lowest BCUT2D eigenvalue weighted by Crippen LogP contribution is -2.17. The zero-order valence-corrected chi connectivity index (χ0v) is 18.7. The molecule has 1 aliphatic heterocycles. The summed E-state index contributed by atoms with van der Waals surface area (Å²) in [4.78, 5) is 4.47. The van der Waals surface area contributed by atoms with Crippen LogP contribution in [0.1, 0.15) is 11.8 Å². The van der Waals surface area contributed by atoms with Crippen molar-refractivity contribution in [2.75, 3.05) is 18.7 Å². The van der Waals surface area contributed by atoms with Gasteiger partial charge in [0.1, 0.15) is 10.2 Å². The number of aromatic hydroxyl groups is 1. The molecule has 7 nitrogen and oxygen atoms in total. The average Bonchev–Trinajstić information content (AvgIpc) is 2.87. The number of phenolic OH excluding ortho intramolecular Hbond substituents is 1. The summed E-state index contributed by atoms with van der Waals surface area (Å²) in [5, 5.41) is 23.0. The van der Waals surface area contributed by atoms with E-state index in [1.807, 2.05) is 30.5 Å². The Morgan fingerprint density at radius 1 is 1.25 bits per heavy atom. The van der Waals surface area contributed by atoms with Crippen LogP contribution in [-0.4, -0.2) is 33.7 Å². The molecule has 28 heavy (non-hydrogen) atoms. The minimum atomic E-state index is -0.715. The number of hydrogen-bond acceptors (Lipinski definition) is 8. The molecule has 0 saturated heterocycles. The van der Waals surface area contributed by atoms with Crippen molar-refractivity contribution in [1.82, 2.24) is 15.2 Å². The van der Waals surface area contributed by atoms with Crippen molar-refractivity contribution in [3.8, 4) is 28.6 Å². The molecule has 0 radical (unpaired) electrons. The van der Waals surface area contributed by atoms with E-state index in [2.05, 4.69) is 52.4 Å². The number of anilines is 1. The first kappa shape index (κ1) is 19.3. The van der Waals surface area contributed by atoms with Gasteiger partial charge in [-0.15, -0.1) is 10.2 Å². The number of ether oxygens (including phenoxy) is 2. The SMILES string of the molecule is COc1c(Br)cc(C2Nc3ccccc3-c3nnc(SC)nc3O2)c(O)c1Br. The molecule has 3 aromatic rings. The summed E-state index contributed by atoms with van der Waals surface area (Å²) < 4.78 is 12.6. The third kappa shape index (κ3) is 3.29. The maximum absolute atomic E-state index is 10.8. The van der Waals surface area contributed by atoms with Crippen LogP contribution < -0.4 is 14.8 Å². The third-order valence-corrected chi connectivity index (χ3v) is 6.05. The van der Waals surface area contributed by atoms with Crippen LogP contribution in [0.4, 0.5) is 5.69 Å². The number of nitrogens with one attached hydrogen (secondary N) is 1. The van der Waals surface area contributed by atoms with Gasteiger partial charge in [-0.05, 0) is 50.2 Å². The second kappa shape index (κ2) is 7.76. The van der Waals surface area contributed by atoms with Crippen molar-refractivity contribution in [1.29, 1.82) is 0 Å². The number of phenols is 1. The lowest BCUT2D eigenvalue weighted by Gasteiger charge is -2.22. The molecule has 144 valence electrons. The summed E-state index contributed by atoms with van der Waals surface area (Å²) in [5.74, 6) is 0.833. The fraction of sp³-hybridized carbons (Fsp3) is 0.167. The Balaban J connectivity index is 1.89. The summed E-state index contributed by atoms with van der Waals surface area (Å²) in [6.07, 6.45) is 1.15. The van der Waals surface area contributed by atoms with E-state index in [9.17, 15) is 5.11 Å². The van der Waals surface area contributed by atoms with Gasteiger partial charge in [0.2, 0.25) is 17.3 Å². The van der Waals surface area contributed by atoms with Gasteiger partial charge in [-0.1, -0.05) is 30.0 Å². The minimum Gasteiger partial charge on any atom is -0.506 e. The third-order valence-electron chi connectivity index (χ3n) is 4.18. The molecule has 1 unspecified atom stereocenters. The fourth-order valence-electron chi connectivity index (χ4n) is 2.87. The normalized spacial score (nSPS) is 14.9. The van der Waals surface area contributed by atoms with Gasteiger partial charge in [0.05, 0.1) is 17.1 Å². The lowest BCUT2D eigenvalue weighted by molar-refractivity contribution is 0.220. The van der Waals surface area contributed by atoms with Crippen LogP contribution in [0.3, 0.4) is 0 Å². The Morgan fingerprint density at radius 2 is 2.04 bits per heavy atom. The maximum Gasteiger partial charge on any atom is 0.247 e. The predicted molar refractivity (Wildman–Crippen MR) is 114 cm³/mol. The van der Waals surface area contributed by atoms with Crippen LogP contribution in [0.5, 0.6) is 17.4 Å². The van der Waals surface area contributed by atoms with E-state index < -0.39 is 6.23 Å². The Hall–Kier alpha value is -2.04. The first-order chi connectivity index (χ1) is 13.5. The Bertz CT molecular complexity index is 1070. The molecular formula is C18H14Br2N4O3S. The molecule has 1 aliphatic rings. The molecule has 0 aliphatic carbocycles. The van der Waals surface area contributed by atoms with Crippen LogP contribution >= 0.6 is 43.6 Å². The van der Waals surface area contributed by atoms with Crippen molar-refractivity contribution in [3.05, 3.63) is 44.8 Å². The second-order valence-corrected chi connectivity index (χ2v) is 8.20. The van der Waals surface area contributed by atoms with Gasteiger partial charge < -0.3 is 19.9 Å². The fourth-order valence-corrected chi connectivity index (χ4v) is 4.64. The van der Waals surface area contributed by atoms with Gasteiger partial charge in [0, 0.05) is 11.3 Å². The van der Waals surface area contributed by atoms with Gasteiger partial charge in [-0.25, -0.2) is 0 Å². The number of halogens is 2. The molecule has 2 heterocycles. The van der Waals surface area contributed by atoms with E-state index in [1.165, 1.54) is 18.9 Å². The van der Waals surface area contributed by atoms with Crippen molar-refractivity contribution in [2.24, 2.45) is 0 Å². The number of aromatic nitrogens is 3. The van der Waals surface area contributed by atoms with E-state index in [4.69, 9.17) is 9.47 Å². The number of methoxy groups -OCH3 is 1. The number of benzene rings is 2. The first-order valence-electron chi connectivity index (χ1n) is 8.09. The molecule has 1 atom stereocenters. The highest BCUT2D eigenvalue weighted by Crippen LogP contribution is 2.47. The molecular weight excluding hydrogens is 512 g/mol. The highest BCUT2D eigenvalue weighted by molar-refractivity contribution is 9.11. The van der Waals surface area contributed by atoms with Gasteiger partial charge in [0.25, 0.3) is 0 Å². The van der Waals surface area contributed by atoms with Gasteiger partial charge in [-0.2, -0.15) is 4.98 Å². The molecule has 2 aromatic carbocycles. The maximum atomic E-state index is 10.8. The van der Waals surface area contributed by atoms with Crippen LogP contribution in [0.15, 0.2) is 44.4 Å². The van der Waals surface area contributed by atoms with Crippen molar-refractivity contribution in [2.45, 2.75) is 11.4 Å². The molecule has 10 heteroatoms. The van der Waals surface area contributed by atoms with Gasteiger partial charge >= 0.3 is 0 Å². The topological polar surface area (TPSA) is 89.4 Å². The summed E-state index contributed by atoms with van der Waals surface area (Å²) >= 11 is 8.23.